The molecule has 126 valence electrons. The summed E-state index contributed by atoms with van der Waals surface area (Å²) >= 11 is 0. The number of hydrogen-bond donors (Lipinski definition) is 1. The summed E-state index contributed by atoms with van der Waals surface area (Å²) in [4.78, 5) is 27.9. The van der Waals surface area contributed by atoms with E-state index in [0.29, 0.717) is 36.9 Å². The molecule has 0 spiro atoms. The summed E-state index contributed by atoms with van der Waals surface area (Å²) in [5.74, 6) is 0.216. The van der Waals surface area contributed by atoms with Crippen LogP contribution in [0.2, 0.25) is 0 Å². The van der Waals surface area contributed by atoms with E-state index in [-0.39, 0.29) is 11.8 Å². The average molecular weight is 319 g/mol. The molecule has 1 heterocycles. The van der Waals surface area contributed by atoms with Crippen molar-refractivity contribution in [3.05, 3.63) is 29.8 Å². The Morgan fingerprint density at radius 2 is 1.91 bits per heavy atom. The summed E-state index contributed by atoms with van der Waals surface area (Å²) in [6, 6.07) is 7.03. The summed E-state index contributed by atoms with van der Waals surface area (Å²) in [5, 5.41) is 2.70. The third kappa shape index (κ3) is 5.04. The van der Waals surface area contributed by atoms with E-state index in [4.69, 9.17) is 4.74 Å². The number of anilines is 1. The number of rotatable bonds is 4. The largest absolute Gasteiger partial charge is 0.384 e. The molecule has 0 radical (unpaired) electrons. The molecule has 23 heavy (non-hydrogen) atoms. The van der Waals surface area contributed by atoms with Crippen molar-refractivity contribution in [2.45, 2.75) is 6.92 Å². The van der Waals surface area contributed by atoms with Crippen molar-refractivity contribution >= 4 is 17.5 Å². The molecule has 1 aliphatic heterocycles. The van der Waals surface area contributed by atoms with Gasteiger partial charge >= 0.3 is 0 Å². The first kappa shape index (κ1) is 17.4. The van der Waals surface area contributed by atoms with E-state index in [9.17, 15) is 9.59 Å². The number of benzene rings is 1. The van der Waals surface area contributed by atoms with E-state index in [1.54, 1.807) is 31.4 Å². The molecule has 0 saturated carbocycles. The van der Waals surface area contributed by atoms with Gasteiger partial charge in [0, 0.05) is 57.4 Å². The minimum atomic E-state index is -0.123. The van der Waals surface area contributed by atoms with Gasteiger partial charge in [0.25, 0.3) is 5.91 Å². The molecule has 1 saturated heterocycles. The highest BCUT2D eigenvalue weighted by atomic mass is 16.5. The lowest BCUT2D eigenvalue weighted by atomic mass is 10.1. The lowest BCUT2D eigenvalue weighted by molar-refractivity contribution is -0.114. The highest BCUT2D eigenvalue weighted by molar-refractivity contribution is 5.95. The maximum absolute atomic E-state index is 12.7. The Labute approximate surface area is 137 Å². The third-order valence-electron chi connectivity index (χ3n) is 3.94. The third-order valence-corrected chi connectivity index (χ3v) is 3.94. The second-order valence-electron chi connectivity index (χ2n) is 6.09. The van der Waals surface area contributed by atoms with Gasteiger partial charge in [0.2, 0.25) is 5.91 Å². The molecule has 1 aromatic rings. The number of nitrogens with one attached hydrogen (secondary N) is 1. The van der Waals surface area contributed by atoms with Gasteiger partial charge < -0.3 is 19.9 Å². The summed E-state index contributed by atoms with van der Waals surface area (Å²) in [6.45, 7) is 5.31. The zero-order valence-electron chi connectivity index (χ0n) is 14.0. The molecule has 6 nitrogen and oxygen atoms in total. The van der Waals surface area contributed by atoms with Crippen LogP contribution in [0.15, 0.2) is 24.3 Å². The molecule has 2 rings (SSSR count). The van der Waals surface area contributed by atoms with Gasteiger partial charge in [-0.15, -0.1) is 0 Å². The van der Waals surface area contributed by atoms with Crippen LogP contribution in [-0.4, -0.2) is 68.6 Å². The molecule has 1 unspecified atom stereocenters. The second-order valence-corrected chi connectivity index (χ2v) is 6.09. The van der Waals surface area contributed by atoms with Crippen molar-refractivity contribution in [3.63, 3.8) is 0 Å². The van der Waals surface area contributed by atoms with Crippen LogP contribution in [0.1, 0.15) is 17.3 Å². The molecular weight excluding hydrogens is 294 g/mol. The Morgan fingerprint density at radius 1 is 1.22 bits per heavy atom. The molecule has 1 fully saturated rings. The highest BCUT2D eigenvalue weighted by Gasteiger charge is 2.24. The smallest absolute Gasteiger partial charge is 0.253 e. The summed E-state index contributed by atoms with van der Waals surface area (Å²) < 4.78 is 5.27. The predicted octanol–water partition coefficient (Wildman–Crippen LogP) is 1.30. The summed E-state index contributed by atoms with van der Waals surface area (Å²) in [7, 11) is 3.76. The van der Waals surface area contributed by atoms with Crippen LogP contribution in [0, 0.1) is 5.92 Å². The molecule has 6 heteroatoms. The van der Waals surface area contributed by atoms with Crippen LogP contribution in [0.25, 0.3) is 0 Å². The number of carbonyl (C=O) groups is 2. The van der Waals surface area contributed by atoms with Crippen LogP contribution in [-0.2, 0) is 9.53 Å². The Balaban J connectivity index is 2.07. The van der Waals surface area contributed by atoms with Gasteiger partial charge in [-0.1, -0.05) is 0 Å². The van der Waals surface area contributed by atoms with E-state index in [1.165, 1.54) is 6.92 Å². The van der Waals surface area contributed by atoms with E-state index in [1.807, 2.05) is 4.90 Å². The first-order chi connectivity index (χ1) is 11.0. The quantitative estimate of drug-likeness (QED) is 0.908. The Bertz CT molecular complexity index is 545. The van der Waals surface area contributed by atoms with E-state index in [0.717, 1.165) is 13.1 Å². The van der Waals surface area contributed by atoms with E-state index in [2.05, 4.69) is 17.3 Å². The Morgan fingerprint density at radius 3 is 2.52 bits per heavy atom. The molecule has 1 aromatic carbocycles. The van der Waals surface area contributed by atoms with Crippen molar-refractivity contribution in [2.24, 2.45) is 5.92 Å². The molecule has 1 atom stereocenters. The summed E-state index contributed by atoms with van der Waals surface area (Å²) in [6.07, 6.45) is 0. The van der Waals surface area contributed by atoms with E-state index < -0.39 is 0 Å². The number of nitrogens with zero attached hydrogens (tertiary/aromatic N) is 2. The molecule has 0 aromatic heterocycles. The Hall–Kier alpha value is -1.92. The van der Waals surface area contributed by atoms with Crippen LogP contribution in [0.3, 0.4) is 0 Å². The number of methoxy groups -OCH3 is 1. The number of hydrogen-bond acceptors (Lipinski definition) is 4. The highest BCUT2D eigenvalue weighted by Crippen LogP contribution is 2.15. The fourth-order valence-electron chi connectivity index (χ4n) is 2.89. The zero-order valence-corrected chi connectivity index (χ0v) is 14.0. The minimum absolute atomic E-state index is 0.0239. The normalized spacial score (nSPS) is 19.3. The predicted molar refractivity (Wildman–Crippen MR) is 89.5 cm³/mol. The molecule has 2 amide bonds. The lowest BCUT2D eigenvalue weighted by Gasteiger charge is -2.24. The van der Waals surface area contributed by atoms with Crippen LogP contribution in [0.5, 0.6) is 0 Å². The molecule has 1 N–H and O–H groups in total. The van der Waals surface area contributed by atoms with Gasteiger partial charge in [0.15, 0.2) is 0 Å². The molecule has 0 aliphatic carbocycles. The van der Waals surface area contributed by atoms with E-state index >= 15 is 0 Å². The number of carbonyl (C=O) groups excluding carboxylic acids is 2. The maximum Gasteiger partial charge on any atom is 0.253 e. The van der Waals surface area contributed by atoms with Gasteiger partial charge in [-0.3, -0.25) is 9.59 Å². The van der Waals surface area contributed by atoms with Crippen molar-refractivity contribution < 1.29 is 14.3 Å². The number of ether oxygens (including phenoxy) is 1. The van der Waals surface area contributed by atoms with Crippen LogP contribution < -0.4 is 5.32 Å². The lowest BCUT2D eigenvalue weighted by Crippen LogP contribution is -2.37. The molecule has 0 bridgehead atoms. The van der Waals surface area contributed by atoms with Gasteiger partial charge in [-0.05, 0) is 31.3 Å². The maximum atomic E-state index is 12.7. The number of likely N-dealkylation sites (N-methyl/N-ethyl adjacent to an activating group) is 1. The monoisotopic (exact) mass is 319 g/mol. The standard InChI is InChI=1S/C17H25N3O3/c1-13(21)18-16-6-4-15(5-7-16)17(22)20-9-8-19(2)10-14(11-20)12-23-3/h4-7,14H,8-12H2,1-3H3,(H,18,21). The van der Waals surface area contributed by atoms with Gasteiger partial charge in [0.1, 0.15) is 0 Å². The van der Waals surface area contributed by atoms with Gasteiger partial charge in [-0.2, -0.15) is 0 Å². The zero-order chi connectivity index (χ0) is 16.8. The fourth-order valence-corrected chi connectivity index (χ4v) is 2.89. The van der Waals surface area contributed by atoms with Crippen LogP contribution in [0.4, 0.5) is 5.69 Å². The van der Waals surface area contributed by atoms with Crippen molar-refractivity contribution in [1.82, 2.24) is 9.80 Å². The first-order valence-electron chi connectivity index (χ1n) is 7.84. The topological polar surface area (TPSA) is 61.9 Å². The van der Waals surface area contributed by atoms with Crippen LogP contribution >= 0.6 is 0 Å². The Kier molecular flexibility index (Phi) is 6.12. The second kappa shape index (κ2) is 8.08. The number of amides is 2. The van der Waals surface area contributed by atoms with Crippen molar-refractivity contribution in [2.75, 3.05) is 52.3 Å². The SMILES string of the molecule is COCC1CN(C)CCN(C(=O)c2ccc(NC(C)=O)cc2)C1. The average Bonchev–Trinajstić information content (AvgIpc) is 2.69. The minimum Gasteiger partial charge on any atom is -0.384 e. The van der Waals surface area contributed by atoms with Crippen molar-refractivity contribution in [3.8, 4) is 0 Å². The van der Waals surface area contributed by atoms with Crippen molar-refractivity contribution in [1.29, 1.82) is 0 Å². The fraction of sp³-hybridized carbons (Fsp3) is 0.529. The first-order valence-corrected chi connectivity index (χ1v) is 7.84. The molecule has 1 aliphatic rings. The molecular formula is C17H25N3O3. The van der Waals surface area contributed by atoms with Gasteiger partial charge in [-0.25, -0.2) is 0 Å². The van der Waals surface area contributed by atoms with Gasteiger partial charge in [0.05, 0.1) is 6.61 Å². The summed E-state index contributed by atoms with van der Waals surface area (Å²) in [5.41, 5.74) is 1.33.